The third-order valence-electron chi connectivity index (χ3n) is 3.05. The van der Waals surface area contributed by atoms with Gasteiger partial charge in [-0.2, -0.15) is 0 Å². The second kappa shape index (κ2) is 8.52. The Morgan fingerprint density at radius 1 is 1.43 bits per heavy atom. The van der Waals surface area contributed by atoms with Crippen molar-refractivity contribution in [2.75, 3.05) is 19.7 Å². The molecule has 1 atom stereocenters. The van der Waals surface area contributed by atoms with Gasteiger partial charge in [0.15, 0.2) is 0 Å². The maximum absolute atomic E-state index is 11.9. The summed E-state index contributed by atoms with van der Waals surface area (Å²) in [5.74, 6) is 0.725. The topological polar surface area (TPSA) is 61.8 Å². The van der Waals surface area contributed by atoms with E-state index in [0.29, 0.717) is 6.54 Å². The first-order valence-corrected chi connectivity index (χ1v) is 7.36. The Morgan fingerprint density at radius 2 is 2.14 bits per heavy atom. The summed E-state index contributed by atoms with van der Waals surface area (Å²) in [4.78, 5) is 13.5. The lowest BCUT2D eigenvalue weighted by molar-refractivity contribution is 0.0691. The van der Waals surface area contributed by atoms with E-state index in [-0.39, 0.29) is 25.2 Å². The van der Waals surface area contributed by atoms with Gasteiger partial charge in [-0.3, -0.25) is 0 Å². The average molecular weight is 294 g/mol. The molecule has 0 radical (unpaired) electrons. The van der Waals surface area contributed by atoms with Gasteiger partial charge in [-0.25, -0.2) is 4.79 Å². The van der Waals surface area contributed by atoms with E-state index in [2.05, 4.69) is 5.32 Å². The van der Waals surface area contributed by atoms with Gasteiger partial charge >= 0.3 is 6.03 Å². The lowest BCUT2D eigenvalue weighted by Gasteiger charge is -2.29. The molecule has 0 saturated carbocycles. The predicted molar refractivity (Wildman–Crippen MR) is 83.6 cm³/mol. The number of aliphatic hydroxyl groups excluding tert-OH is 1. The molecule has 0 aliphatic carbocycles. The minimum Gasteiger partial charge on any atom is -0.491 e. The molecule has 0 aliphatic heterocycles. The van der Waals surface area contributed by atoms with E-state index >= 15 is 0 Å². The minimum absolute atomic E-state index is 0.0187. The van der Waals surface area contributed by atoms with Crippen LogP contribution in [-0.4, -0.2) is 47.9 Å². The summed E-state index contributed by atoms with van der Waals surface area (Å²) in [5.41, 5.74) is 1.10. The van der Waals surface area contributed by atoms with Crippen LogP contribution < -0.4 is 10.1 Å². The fourth-order valence-electron chi connectivity index (χ4n) is 1.96. The van der Waals surface area contributed by atoms with Gasteiger partial charge in [-0.1, -0.05) is 12.1 Å². The van der Waals surface area contributed by atoms with Gasteiger partial charge in [-0.15, -0.1) is 0 Å². The van der Waals surface area contributed by atoms with Gasteiger partial charge in [0.05, 0.1) is 6.54 Å². The Balaban J connectivity index is 2.50. The average Bonchev–Trinajstić information content (AvgIpc) is 2.42. The van der Waals surface area contributed by atoms with Crippen LogP contribution in [0.2, 0.25) is 0 Å². The summed E-state index contributed by atoms with van der Waals surface area (Å²) < 4.78 is 5.56. The van der Waals surface area contributed by atoms with Crippen molar-refractivity contribution in [2.45, 2.75) is 39.8 Å². The highest BCUT2D eigenvalue weighted by Crippen LogP contribution is 2.13. The summed E-state index contributed by atoms with van der Waals surface area (Å²) in [7, 11) is 0. The van der Waals surface area contributed by atoms with Crippen LogP contribution in [0.1, 0.15) is 26.3 Å². The lowest BCUT2D eigenvalue weighted by Crippen LogP contribution is -2.48. The summed E-state index contributed by atoms with van der Waals surface area (Å²) in [6.07, 6.45) is -0.726. The van der Waals surface area contributed by atoms with Crippen LogP contribution in [0.25, 0.3) is 0 Å². The smallest absolute Gasteiger partial charge is 0.317 e. The van der Waals surface area contributed by atoms with Crippen molar-refractivity contribution in [1.82, 2.24) is 10.2 Å². The molecule has 1 unspecified atom stereocenters. The number of amides is 2. The highest BCUT2D eigenvalue weighted by Gasteiger charge is 2.20. The zero-order chi connectivity index (χ0) is 15.8. The molecule has 0 saturated heterocycles. The fourth-order valence-corrected chi connectivity index (χ4v) is 1.96. The van der Waals surface area contributed by atoms with E-state index in [0.717, 1.165) is 11.3 Å². The molecule has 21 heavy (non-hydrogen) atoms. The molecule has 0 aliphatic rings. The number of aryl methyl sites for hydroxylation is 1. The number of ether oxygens (including phenoxy) is 1. The fraction of sp³-hybridized carbons (Fsp3) is 0.562. The van der Waals surface area contributed by atoms with Crippen molar-refractivity contribution in [3.63, 3.8) is 0 Å². The van der Waals surface area contributed by atoms with Crippen molar-refractivity contribution in [2.24, 2.45) is 0 Å². The van der Waals surface area contributed by atoms with Crippen LogP contribution >= 0.6 is 0 Å². The molecule has 0 bridgehead atoms. The van der Waals surface area contributed by atoms with Crippen molar-refractivity contribution >= 4 is 6.03 Å². The normalized spacial score (nSPS) is 12.1. The standard InChI is InChI=1S/C16H26N2O3/c1-5-17-16(20)18(12(2)3)10-14(19)11-21-15-8-6-7-13(4)9-15/h6-9,12,14,19H,5,10-11H2,1-4H3,(H,17,20). The van der Waals surface area contributed by atoms with E-state index in [9.17, 15) is 9.90 Å². The zero-order valence-electron chi connectivity index (χ0n) is 13.3. The molecule has 0 heterocycles. The zero-order valence-corrected chi connectivity index (χ0v) is 13.3. The Kier molecular flexibility index (Phi) is 7.02. The van der Waals surface area contributed by atoms with E-state index in [1.807, 2.05) is 52.0 Å². The molecule has 0 spiro atoms. The Morgan fingerprint density at radius 3 is 2.71 bits per heavy atom. The van der Waals surface area contributed by atoms with E-state index in [1.54, 1.807) is 4.90 Å². The van der Waals surface area contributed by atoms with Gasteiger partial charge < -0.3 is 20.1 Å². The molecule has 5 nitrogen and oxygen atoms in total. The van der Waals surface area contributed by atoms with Crippen LogP contribution in [0.3, 0.4) is 0 Å². The number of nitrogens with zero attached hydrogens (tertiary/aromatic N) is 1. The molecule has 2 N–H and O–H groups in total. The van der Waals surface area contributed by atoms with Gasteiger partial charge in [-0.05, 0) is 45.4 Å². The third-order valence-corrected chi connectivity index (χ3v) is 3.05. The van der Waals surface area contributed by atoms with Crippen LogP contribution in [0.5, 0.6) is 5.75 Å². The number of benzene rings is 1. The molecule has 118 valence electrons. The first-order chi connectivity index (χ1) is 9.93. The number of carbonyl (C=O) groups is 1. The summed E-state index contributed by atoms with van der Waals surface area (Å²) in [6, 6.07) is 7.51. The maximum atomic E-state index is 11.9. The molecule has 5 heteroatoms. The number of hydrogen-bond acceptors (Lipinski definition) is 3. The van der Waals surface area contributed by atoms with Crippen molar-refractivity contribution in [1.29, 1.82) is 0 Å². The molecule has 1 aromatic carbocycles. The lowest BCUT2D eigenvalue weighted by atomic mass is 10.2. The number of urea groups is 1. The molecule has 1 rings (SSSR count). The number of rotatable bonds is 7. The van der Waals surface area contributed by atoms with Crippen LogP contribution in [0.4, 0.5) is 4.79 Å². The molecular weight excluding hydrogens is 268 g/mol. The van der Waals surface area contributed by atoms with Crippen LogP contribution in [0.15, 0.2) is 24.3 Å². The molecular formula is C16H26N2O3. The number of aliphatic hydroxyl groups is 1. The maximum Gasteiger partial charge on any atom is 0.317 e. The van der Waals surface area contributed by atoms with Crippen molar-refractivity contribution in [3.05, 3.63) is 29.8 Å². The van der Waals surface area contributed by atoms with E-state index < -0.39 is 6.10 Å². The third kappa shape index (κ3) is 6.04. The van der Waals surface area contributed by atoms with Gasteiger partial charge in [0.1, 0.15) is 18.5 Å². The highest BCUT2D eigenvalue weighted by molar-refractivity contribution is 5.74. The summed E-state index contributed by atoms with van der Waals surface area (Å²) in [6.45, 7) is 8.67. The van der Waals surface area contributed by atoms with Gasteiger partial charge in [0.2, 0.25) is 0 Å². The second-order valence-electron chi connectivity index (χ2n) is 5.36. The van der Waals surface area contributed by atoms with Crippen molar-refractivity contribution in [3.8, 4) is 5.75 Å². The monoisotopic (exact) mass is 294 g/mol. The Bertz CT molecular complexity index is 449. The Hall–Kier alpha value is -1.75. The van der Waals surface area contributed by atoms with Gasteiger partial charge in [0, 0.05) is 12.6 Å². The summed E-state index contributed by atoms with van der Waals surface area (Å²) >= 11 is 0. The van der Waals surface area contributed by atoms with E-state index in [1.165, 1.54) is 0 Å². The highest BCUT2D eigenvalue weighted by atomic mass is 16.5. The van der Waals surface area contributed by atoms with E-state index in [4.69, 9.17) is 4.74 Å². The van der Waals surface area contributed by atoms with Crippen molar-refractivity contribution < 1.29 is 14.6 Å². The number of nitrogens with one attached hydrogen (secondary N) is 1. The molecule has 0 aromatic heterocycles. The molecule has 1 aromatic rings. The summed E-state index contributed by atoms with van der Waals surface area (Å²) in [5, 5.41) is 12.8. The van der Waals surface area contributed by atoms with Crippen LogP contribution in [-0.2, 0) is 0 Å². The SMILES string of the molecule is CCNC(=O)N(CC(O)COc1cccc(C)c1)C(C)C. The number of carbonyl (C=O) groups excluding carboxylic acids is 1. The first kappa shape index (κ1) is 17.3. The predicted octanol–water partition coefficient (Wildman–Crippen LogP) is 2.17. The quantitative estimate of drug-likeness (QED) is 0.810. The Labute approximate surface area is 126 Å². The van der Waals surface area contributed by atoms with Gasteiger partial charge in [0.25, 0.3) is 0 Å². The molecule has 0 fully saturated rings. The first-order valence-electron chi connectivity index (χ1n) is 7.36. The van der Waals surface area contributed by atoms with Crippen LogP contribution in [0, 0.1) is 6.92 Å². The largest absolute Gasteiger partial charge is 0.491 e. The number of hydrogen-bond donors (Lipinski definition) is 2. The second-order valence-corrected chi connectivity index (χ2v) is 5.36. The minimum atomic E-state index is -0.726. The molecule has 2 amide bonds.